The number of ether oxygens (including phenoxy) is 2. The van der Waals surface area contributed by atoms with Crippen molar-refractivity contribution < 1.29 is 27.8 Å². The van der Waals surface area contributed by atoms with E-state index in [0.29, 0.717) is 22.8 Å². The molecule has 1 rings (SSSR count). The molecular formula is C12H14ClF3O3. The van der Waals surface area contributed by atoms with Crippen molar-refractivity contribution in [2.75, 3.05) is 19.8 Å². The lowest BCUT2D eigenvalue weighted by Gasteiger charge is -2.11. The van der Waals surface area contributed by atoms with Crippen LogP contribution in [0.4, 0.5) is 13.2 Å². The van der Waals surface area contributed by atoms with Crippen molar-refractivity contribution in [1.29, 1.82) is 0 Å². The fourth-order valence-corrected chi connectivity index (χ4v) is 1.58. The number of halogens is 4. The lowest BCUT2D eigenvalue weighted by atomic mass is 10.2. The maximum absolute atomic E-state index is 11.8. The molecule has 0 amide bonds. The molecule has 1 aromatic carbocycles. The van der Waals surface area contributed by atoms with Gasteiger partial charge in [-0.25, -0.2) is 0 Å². The fourth-order valence-electron chi connectivity index (χ4n) is 1.36. The summed E-state index contributed by atoms with van der Waals surface area (Å²) < 4.78 is 45.1. The Morgan fingerprint density at radius 2 is 1.95 bits per heavy atom. The molecule has 0 atom stereocenters. The Bertz CT molecular complexity index is 396. The number of alkyl halides is 3. The number of rotatable bonds is 7. The van der Waals surface area contributed by atoms with E-state index in [1.165, 1.54) is 0 Å². The summed E-state index contributed by atoms with van der Waals surface area (Å²) in [4.78, 5) is 0. The molecular weight excluding hydrogens is 285 g/mol. The molecule has 3 nitrogen and oxygen atoms in total. The van der Waals surface area contributed by atoms with Gasteiger partial charge in [-0.2, -0.15) is 13.2 Å². The van der Waals surface area contributed by atoms with Gasteiger partial charge < -0.3 is 14.6 Å². The van der Waals surface area contributed by atoms with E-state index in [9.17, 15) is 13.2 Å². The van der Waals surface area contributed by atoms with Crippen molar-refractivity contribution in [1.82, 2.24) is 0 Å². The molecule has 0 fully saturated rings. The Kier molecular flexibility index (Phi) is 6.41. The Hall–Kier alpha value is -0.980. The number of benzene rings is 1. The first-order chi connectivity index (χ1) is 8.94. The lowest BCUT2D eigenvalue weighted by Crippen LogP contribution is -2.18. The van der Waals surface area contributed by atoms with Crippen molar-refractivity contribution in [3.8, 4) is 5.75 Å². The van der Waals surface area contributed by atoms with Crippen LogP contribution in [0.1, 0.15) is 12.0 Å². The minimum Gasteiger partial charge on any atom is -0.493 e. The topological polar surface area (TPSA) is 38.7 Å². The molecule has 0 bridgehead atoms. The third-order valence-corrected chi connectivity index (χ3v) is 2.54. The van der Waals surface area contributed by atoms with Crippen molar-refractivity contribution in [3.63, 3.8) is 0 Å². The molecule has 0 spiro atoms. The predicted octanol–water partition coefficient (Wildman–Crippen LogP) is 3.18. The second-order valence-corrected chi connectivity index (χ2v) is 4.15. The molecule has 0 aliphatic heterocycles. The van der Waals surface area contributed by atoms with Crippen LogP contribution in [0.25, 0.3) is 0 Å². The van der Waals surface area contributed by atoms with Gasteiger partial charge in [0.05, 0.1) is 19.8 Å². The van der Waals surface area contributed by atoms with Gasteiger partial charge in [-0.15, -0.1) is 0 Å². The van der Waals surface area contributed by atoms with Crippen molar-refractivity contribution in [2.24, 2.45) is 0 Å². The largest absolute Gasteiger partial charge is 0.493 e. The zero-order chi connectivity index (χ0) is 14.3. The summed E-state index contributed by atoms with van der Waals surface area (Å²) in [5.74, 6) is 0.422. The molecule has 19 heavy (non-hydrogen) atoms. The van der Waals surface area contributed by atoms with Gasteiger partial charge in [-0.05, 0) is 12.1 Å². The highest BCUT2D eigenvalue weighted by Gasteiger charge is 2.27. The summed E-state index contributed by atoms with van der Waals surface area (Å²) in [6.07, 6.45) is -3.99. The molecule has 0 saturated heterocycles. The average molecular weight is 299 g/mol. The Balaban J connectivity index is 2.28. The van der Waals surface area contributed by atoms with E-state index in [0.717, 1.165) is 0 Å². The van der Waals surface area contributed by atoms with E-state index in [4.69, 9.17) is 21.4 Å². The van der Waals surface area contributed by atoms with Crippen LogP contribution < -0.4 is 4.74 Å². The number of aliphatic hydroxyl groups is 1. The van der Waals surface area contributed by atoms with Gasteiger partial charge in [0, 0.05) is 17.0 Å². The first-order valence-electron chi connectivity index (χ1n) is 5.59. The highest BCUT2D eigenvalue weighted by molar-refractivity contribution is 6.31. The van der Waals surface area contributed by atoms with Crippen LogP contribution in [0.15, 0.2) is 18.2 Å². The van der Waals surface area contributed by atoms with Crippen LogP contribution in [0.5, 0.6) is 5.75 Å². The maximum Gasteiger partial charge on any atom is 0.411 e. The first-order valence-corrected chi connectivity index (χ1v) is 5.97. The molecule has 0 radical (unpaired) electrons. The highest BCUT2D eigenvalue weighted by atomic mass is 35.5. The van der Waals surface area contributed by atoms with Gasteiger partial charge in [-0.1, -0.05) is 17.7 Å². The highest BCUT2D eigenvalue weighted by Crippen LogP contribution is 2.26. The Labute approximate surface area is 113 Å². The number of hydrogen-bond donors (Lipinski definition) is 1. The molecule has 0 aliphatic rings. The molecule has 0 aliphatic carbocycles. The molecule has 1 aromatic rings. The monoisotopic (exact) mass is 298 g/mol. The molecule has 7 heteroatoms. The number of hydrogen-bond acceptors (Lipinski definition) is 3. The lowest BCUT2D eigenvalue weighted by molar-refractivity contribution is -0.174. The van der Waals surface area contributed by atoms with Crippen molar-refractivity contribution in [3.05, 3.63) is 28.8 Å². The first kappa shape index (κ1) is 16.1. The van der Waals surface area contributed by atoms with Crippen LogP contribution in [-0.4, -0.2) is 31.1 Å². The van der Waals surface area contributed by atoms with Crippen molar-refractivity contribution >= 4 is 11.6 Å². The van der Waals surface area contributed by atoms with Crippen LogP contribution >= 0.6 is 11.6 Å². The molecule has 1 N–H and O–H groups in total. The number of aliphatic hydroxyl groups excluding tert-OH is 1. The molecule has 0 aromatic heterocycles. The van der Waals surface area contributed by atoms with Crippen LogP contribution in [0.2, 0.25) is 5.02 Å². The summed E-state index contributed by atoms with van der Waals surface area (Å²) >= 11 is 5.85. The molecule has 0 heterocycles. The van der Waals surface area contributed by atoms with Crippen LogP contribution in [0, 0.1) is 0 Å². The van der Waals surface area contributed by atoms with E-state index < -0.39 is 12.8 Å². The second-order valence-electron chi connectivity index (χ2n) is 3.74. The normalized spacial score (nSPS) is 11.6. The quantitative estimate of drug-likeness (QED) is 0.786. The smallest absolute Gasteiger partial charge is 0.411 e. The second kappa shape index (κ2) is 7.57. The van der Waals surface area contributed by atoms with E-state index in [1.54, 1.807) is 18.2 Å². The van der Waals surface area contributed by atoms with Gasteiger partial charge in [0.2, 0.25) is 0 Å². The van der Waals surface area contributed by atoms with Crippen LogP contribution in [-0.2, 0) is 11.3 Å². The standard InChI is InChI=1S/C12H14ClF3O3/c13-10-3-1-4-11(9(10)7-17)19-6-2-5-18-8-12(14,15)16/h1,3-4,17H,2,5-8H2. The van der Waals surface area contributed by atoms with Gasteiger partial charge >= 0.3 is 6.18 Å². The van der Waals surface area contributed by atoms with Gasteiger partial charge in [0.15, 0.2) is 0 Å². The van der Waals surface area contributed by atoms with E-state index in [2.05, 4.69) is 4.74 Å². The van der Waals surface area contributed by atoms with Gasteiger partial charge in [-0.3, -0.25) is 0 Å². The summed E-state index contributed by atoms with van der Waals surface area (Å²) in [5.41, 5.74) is 0.459. The third kappa shape index (κ3) is 6.13. The SMILES string of the molecule is OCc1c(Cl)cccc1OCCCOCC(F)(F)F. The molecule has 0 saturated carbocycles. The Morgan fingerprint density at radius 1 is 1.21 bits per heavy atom. The summed E-state index contributed by atoms with van der Waals surface area (Å²) in [6, 6.07) is 4.91. The minimum atomic E-state index is -4.31. The third-order valence-electron chi connectivity index (χ3n) is 2.19. The van der Waals surface area contributed by atoms with Gasteiger partial charge in [0.1, 0.15) is 12.4 Å². The van der Waals surface area contributed by atoms with Crippen LogP contribution in [0.3, 0.4) is 0 Å². The maximum atomic E-state index is 11.8. The van der Waals surface area contributed by atoms with Crippen molar-refractivity contribution in [2.45, 2.75) is 19.2 Å². The minimum absolute atomic E-state index is 0.0471. The summed E-state index contributed by atoms with van der Waals surface area (Å²) in [6.45, 7) is -1.38. The Morgan fingerprint density at radius 3 is 2.58 bits per heavy atom. The van der Waals surface area contributed by atoms with E-state index in [1.807, 2.05) is 0 Å². The molecule has 108 valence electrons. The fraction of sp³-hybridized carbons (Fsp3) is 0.500. The summed E-state index contributed by atoms with van der Waals surface area (Å²) in [7, 11) is 0. The van der Waals surface area contributed by atoms with E-state index in [-0.39, 0.29) is 19.8 Å². The summed E-state index contributed by atoms with van der Waals surface area (Å²) in [5, 5.41) is 9.50. The predicted molar refractivity (Wildman–Crippen MR) is 64.4 cm³/mol. The zero-order valence-electron chi connectivity index (χ0n) is 10.0. The van der Waals surface area contributed by atoms with E-state index >= 15 is 0 Å². The van der Waals surface area contributed by atoms with Gasteiger partial charge in [0.25, 0.3) is 0 Å². The zero-order valence-corrected chi connectivity index (χ0v) is 10.8. The average Bonchev–Trinajstić information content (AvgIpc) is 2.32. The molecule has 0 unspecified atom stereocenters.